The molecule has 2 atom stereocenters. The number of rotatable bonds is 4. The molecule has 0 N–H and O–H groups in total. The summed E-state index contributed by atoms with van der Waals surface area (Å²) >= 11 is 6.25. The molecule has 0 unspecified atom stereocenters. The van der Waals surface area contributed by atoms with Gasteiger partial charge in [-0.05, 0) is 66.8 Å². The SMILES string of the molecule is C.Cc1ccc(OCc2cccc(C(=O)N3C[C@]4(C)C[C@H]3CC(C)(C)C4)n2)c(Cl)c1. The van der Waals surface area contributed by atoms with Crippen molar-refractivity contribution < 1.29 is 9.53 Å². The summed E-state index contributed by atoms with van der Waals surface area (Å²) in [7, 11) is 0. The maximum absolute atomic E-state index is 13.3. The van der Waals surface area contributed by atoms with Crippen molar-refractivity contribution in [2.45, 2.75) is 67.0 Å². The fourth-order valence-corrected chi connectivity index (χ4v) is 5.69. The van der Waals surface area contributed by atoms with Crippen LogP contribution in [0.5, 0.6) is 5.75 Å². The van der Waals surface area contributed by atoms with Crippen molar-refractivity contribution in [2.75, 3.05) is 6.54 Å². The Morgan fingerprint density at radius 3 is 2.73 bits per heavy atom. The zero-order chi connectivity index (χ0) is 20.8. The fourth-order valence-electron chi connectivity index (χ4n) is 5.40. The average Bonchev–Trinajstić information content (AvgIpc) is 2.89. The van der Waals surface area contributed by atoms with E-state index in [2.05, 4.69) is 30.7 Å². The number of likely N-dealkylation sites (tertiary alicyclic amines) is 1. The molecule has 1 aliphatic carbocycles. The summed E-state index contributed by atoms with van der Waals surface area (Å²) in [6.07, 6.45) is 3.32. The lowest BCUT2D eigenvalue weighted by Crippen LogP contribution is -2.38. The molecule has 1 aromatic heterocycles. The normalized spacial score (nSPS) is 24.3. The standard InChI is InChI=1S/C24H29ClN2O2.CH4/c1-16-8-9-21(19(25)10-16)29-13-17-6-5-7-20(26-17)22(28)27-15-24(4)12-18(27)11-23(2,3)14-24;/h5-10,18H,11-15H2,1-4H3;1H4/t18-,24-;/m1./s1. The molecular formula is C25H33ClN2O2. The molecule has 0 radical (unpaired) electrons. The molecule has 1 aromatic carbocycles. The van der Waals surface area contributed by atoms with Crippen LogP contribution in [0, 0.1) is 17.8 Å². The maximum atomic E-state index is 13.3. The van der Waals surface area contributed by atoms with E-state index in [-0.39, 0.29) is 30.8 Å². The smallest absolute Gasteiger partial charge is 0.272 e. The van der Waals surface area contributed by atoms with E-state index in [9.17, 15) is 4.79 Å². The van der Waals surface area contributed by atoms with E-state index < -0.39 is 0 Å². The second kappa shape index (κ2) is 8.22. The van der Waals surface area contributed by atoms with E-state index >= 15 is 0 Å². The first-order valence-electron chi connectivity index (χ1n) is 10.3. The van der Waals surface area contributed by atoms with Gasteiger partial charge in [0.25, 0.3) is 5.91 Å². The Balaban J connectivity index is 0.00000256. The van der Waals surface area contributed by atoms with Crippen molar-refractivity contribution in [2.24, 2.45) is 10.8 Å². The molecule has 5 heteroatoms. The van der Waals surface area contributed by atoms with Crippen molar-refractivity contribution in [1.29, 1.82) is 0 Å². The second-order valence-electron chi connectivity index (χ2n) is 9.88. The molecule has 162 valence electrons. The van der Waals surface area contributed by atoms with Crippen LogP contribution in [0.2, 0.25) is 5.02 Å². The molecule has 30 heavy (non-hydrogen) atoms. The van der Waals surface area contributed by atoms with Crippen LogP contribution in [0.1, 0.15) is 69.2 Å². The van der Waals surface area contributed by atoms with Crippen molar-refractivity contribution in [3.63, 3.8) is 0 Å². The van der Waals surface area contributed by atoms with E-state index in [1.165, 1.54) is 6.42 Å². The van der Waals surface area contributed by atoms with Crippen LogP contribution >= 0.6 is 11.6 Å². The number of nitrogens with zero attached hydrogens (tertiary/aromatic N) is 2. The predicted molar refractivity (Wildman–Crippen MR) is 122 cm³/mol. The van der Waals surface area contributed by atoms with Crippen molar-refractivity contribution in [1.82, 2.24) is 9.88 Å². The number of fused-ring (bicyclic) bond motifs is 2. The number of amides is 1. The summed E-state index contributed by atoms with van der Waals surface area (Å²) in [4.78, 5) is 19.9. The summed E-state index contributed by atoms with van der Waals surface area (Å²) in [6.45, 7) is 10.0. The summed E-state index contributed by atoms with van der Waals surface area (Å²) in [5.74, 6) is 0.658. The molecular weight excluding hydrogens is 396 g/mol. The van der Waals surface area contributed by atoms with E-state index in [4.69, 9.17) is 16.3 Å². The number of hydrogen-bond acceptors (Lipinski definition) is 3. The molecule has 0 spiro atoms. The van der Waals surface area contributed by atoms with Crippen LogP contribution in [-0.4, -0.2) is 28.4 Å². The van der Waals surface area contributed by atoms with Gasteiger partial charge < -0.3 is 9.64 Å². The minimum atomic E-state index is 0. The number of hydrogen-bond donors (Lipinski definition) is 0. The zero-order valence-corrected chi connectivity index (χ0v) is 18.4. The highest BCUT2D eigenvalue weighted by Crippen LogP contribution is 2.52. The van der Waals surface area contributed by atoms with Crippen molar-refractivity contribution in [3.05, 3.63) is 58.4 Å². The fraction of sp³-hybridized carbons (Fsp3) is 0.520. The molecule has 4 nitrogen and oxygen atoms in total. The Labute approximate surface area is 185 Å². The molecule has 2 aliphatic rings. The summed E-state index contributed by atoms with van der Waals surface area (Å²) in [6, 6.07) is 11.6. The lowest BCUT2D eigenvalue weighted by molar-refractivity contribution is 0.0702. The second-order valence-corrected chi connectivity index (χ2v) is 10.3. The minimum Gasteiger partial charge on any atom is -0.486 e. The van der Waals surface area contributed by atoms with Gasteiger partial charge in [-0.15, -0.1) is 0 Å². The molecule has 2 heterocycles. The Kier molecular flexibility index (Phi) is 6.20. The number of benzene rings is 1. The van der Waals surface area contributed by atoms with Gasteiger partial charge in [0.15, 0.2) is 0 Å². The molecule has 4 rings (SSSR count). The molecule has 1 aliphatic heterocycles. The quantitative estimate of drug-likeness (QED) is 0.573. The maximum Gasteiger partial charge on any atom is 0.272 e. The Morgan fingerprint density at radius 1 is 1.23 bits per heavy atom. The first-order valence-corrected chi connectivity index (χ1v) is 10.7. The number of carbonyl (C=O) groups excluding carboxylic acids is 1. The predicted octanol–water partition coefficient (Wildman–Crippen LogP) is 6.30. The number of carbonyl (C=O) groups is 1. The first kappa shape index (κ1) is 22.6. The minimum absolute atomic E-state index is 0. The van der Waals surface area contributed by atoms with Gasteiger partial charge in [-0.25, -0.2) is 4.98 Å². The topological polar surface area (TPSA) is 42.4 Å². The number of halogens is 1. The van der Waals surface area contributed by atoms with Gasteiger partial charge in [0, 0.05) is 12.6 Å². The third-order valence-corrected chi connectivity index (χ3v) is 6.46. The van der Waals surface area contributed by atoms with E-state index in [1.54, 1.807) is 6.07 Å². The first-order chi connectivity index (χ1) is 13.6. The van der Waals surface area contributed by atoms with Gasteiger partial charge in [0.1, 0.15) is 18.1 Å². The summed E-state index contributed by atoms with van der Waals surface area (Å²) in [5.41, 5.74) is 2.80. The lowest BCUT2D eigenvalue weighted by Gasteiger charge is -2.39. The van der Waals surface area contributed by atoms with Crippen LogP contribution in [0.4, 0.5) is 0 Å². The molecule has 1 saturated carbocycles. The number of aryl methyl sites for hydroxylation is 1. The third-order valence-electron chi connectivity index (χ3n) is 6.16. The highest BCUT2D eigenvalue weighted by Gasteiger charge is 2.51. The van der Waals surface area contributed by atoms with Crippen molar-refractivity contribution in [3.8, 4) is 5.75 Å². The van der Waals surface area contributed by atoms with Crippen LogP contribution < -0.4 is 4.74 Å². The summed E-state index contributed by atoms with van der Waals surface area (Å²) < 4.78 is 5.83. The van der Waals surface area contributed by atoms with Crippen LogP contribution in [0.25, 0.3) is 0 Å². The lowest BCUT2D eigenvalue weighted by atomic mass is 9.65. The Morgan fingerprint density at radius 2 is 2.00 bits per heavy atom. The van der Waals surface area contributed by atoms with Crippen LogP contribution in [-0.2, 0) is 6.61 Å². The van der Waals surface area contributed by atoms with Gasteiger partial charge in [0.2, 0.25) is 0 Å². The van der Waals surface area contributed by atoms with E-state index in [0.29, 0.717) is 22.5 Å². The Bertz CT molecular complexity index is 942. The van der Waals surface area contributed by atoms with Gasteiger partial charge >= 0.3 is 0 Å². The molecule has 2 aromatic rings. The monoisotopic (exact) mass is 428 g/mol. The van der Waals surface area contributed by atoms with E-state index in [0.717, 1.165) is 30.6 Å². The van der Waals surface area contributed by atoms with Gasteiger partial charge in [-0.1, -0.05) is 51.9 Å². The molecule has 1 amide bonds. The van der Waals surface area contributed by atoms with Gasteiger partial charge in [-0.3, -0.25) is 4.79 Å². The molecule has 2 bridgehead atoms. The number of pyridine rings is 1. The van der Waals surface area contributed by atoms with Gasteiger partial charge in [0.05, 0.1) is 10.7 Å². The largest absolute Gasteiger partial charge is 0.486 e. The van der Waals surface area contributed by atoms with Crippen LogP contribution in [0.3, 0.4) is 0 Å². The van der Waals surface area contributed by atoms with E-state index in [1.807, 2.05) is 37.3 Å². The molecule has 1 saturated heterocycles. The van der Waals surface area contributed by atoms with Crippen LogP contribution in [0.15, 0.2) is 36.4 Å². The average molecular weight is 429 g/mol. The van der Waals surface area contributed by atoms with Crippen molar-refractivity contribution >= 4 is 17.5 Å². The number of aromatic nitrogens is 1. The molecule has 2 fully saturated rings. The Hall–Kier alpha value is -2.07. The van der Waals surface area contributed by atoms with Gasteiger partial charge in [-0.2, -0.15) is 0 Å². The highest BCUT2D eigenvalue weighted by molar-refractivity contribution is 6.32. The number of ether oxygens (including phenoxy) is 1. The third kappa shape index (κ3) is 4.64. The highest BCUT2D eigenvalue weighted by atomic mass is 35.5. The zero-order valence-electron chi connectivity index (χ0n) is 17.7. The summed E-state index contributed by atoms with van der Waals surface area (Å²) in [5, 5.41) is 0.581.